The van der Waals surface area contributed by atoms with E-state index in [0.717, 1.165) is 41.6 Å². The zero-order valence-electron chi connectivity index (χ0n) is 11.9. The van der Waals surface area contributed by atoms with Crippen LogP contribution in [0, 0.1) is 0 Å². The number of rotatable bonds is 8. The second kappa shape index (κ2) is 7.43. The Kier molecular flexibility index (Phi) is 5.59. The lowest BCUT2D eigenvalue weighted by Gasteiger charge is -2.13. The maximum absolute atomic E-state index is 9.13. The Morgan fingerprint density at radius 1 is 1.20 bits per heavy atom. The highest BCUT2D eigenvalue weighted by atomic mass is 16.3. The lowest BCUT2D eigenvalue weighted by atomic mass is 10.1. The van der Waals surface area contributed by atoms with Gasteiger partial charge in [-0.3, -0.25) is 0 Å². The summed E-state index contributed by atoms with van der Waals surface area (Å²) in [6.45, 7) is 2.61. The molecule has 0 radical (unpaired) electrons. The van der Waals surface area contributed by atoms with Crippen LogP contribution in [0.15, 0.2) is 28.7 Å². The van der Waals surface area contributed by atoms with Gasteiger partial charge in [-0.15, -0.1) is 0 Å². The maximum atomic E-state index is 9.13. The zero-order valence-corrected chi connectivity index (χ0v) is 11.9. The number of benzene rings is 1. The number of para-hydroxylation sites is 1. The van der Waals surface area contributed by atoms with Gasteiger partial charge in [-0.05, 0) is 12.5 Å². The summed E-state index contributed by atoms with van der Waals surface area (Å²) in [4.78, 5) is 0. The fourth-order valence-corrected chi connectivity index (χ4v) is 2.32. The third-order valence-electron chi connectivity index (χ3n) is 3.55. The first-order valence-corrected chi connectivity index (χ1v) is 7.24. The molecule has 2 rings (SSSR count). The van der Waals surface area contributed by atoms with E-state index < -0.39 is 0 Å². The highest BCUT2D eigenvalue weighted by Gasteiger charge is 2.14. The Hall–Kier alpha value is -1.36. The van der Waals surface area contributed by atoms with Crippen molar-refractivity contribution >= 4 is 11.0 Å². The predicted octanol–water partition coefficient (Wildman–Crippen LogP) is 2.22. The van der Waals surface area contributed by atoms with Crippen LogP contribution in [-0.4, -0.2) is 29.5 Å². The van der Waals surface area contributed by atoms with Crippen LogP contribution in [0.1, 0.15) is 31.1 Å². The van der Waals surface area contributed by atoms with Crippen molar-refractivity contribution in [3.05, 3.63) is 35.6 Å². The molecule has 110 valence electrons. The number of hydrogen-bond acceptors (Lipinski definition) is 4. The maximum Gasteiger partial charge on any atom is 0.134 e. The molecule has 0 aliphatic rings. The van der Waals surface area contributed by atoms with Gasteiger partial charge in [-0.2, -0.15) is 0 Å². The van der Waals surface area contributed by atoms with Gasteiger partial charge in [0, 0.05) is 23.9 Å². The monoisotopic (exact) mass is 277 g/mol. The van der Waals surface area contributed by atoms with E-state index in [0.29, 0.717) is 6.54 Å². The average molecular weight is 277 g/mol. The van der Waals surface area contributed by atoms with Crippen LogP contribution < -0.4 is 5.32 Å². The molecule has 0 amide bonds. The Morgan fingerprint density at radius 3 is 2.65 bits per heavy atom. The van der Waals surface area contributed by atoms with Crippen molar-refractivity contribution < 1.29 is 14.6 Å². The number of furan rings is 1. The fourth-order valence-electron chi connectivity index (χ4n) is 2.32. The molecule has 0 saturated heterocycles. The minimum absolute atomic E-state index is 0.0728. The molecule has 0 saturated carbocycles. The third-order valence-corrected chi connectivity index (χ3v) is 3.55. The number of unbranched alkanes of at least 4 members (excludes halogenated alkanes) is 1. The molecule has 0 fully saturated rings. The molecule has 0 aliphatic carbocycles. The lowest BCUT2D eigenvalue weighted by Crippen LogP contribution is -2.35. The number of aryl methyl sites for hydroxylation is 1. The molecule has 0 spiro atoms. The van der Waals surface area contributed by atoms with Crippen LogP contribution in [0.2, 0.25) is 0 Å². The van der Waals surface area contributed by atoms with E-state index in [1.54, 1.807) is 0 Å². The van der Waals surface area contributed by atoms with Crippen LogP contribution >= 0.6 is 0 Å². The van der Waals surface area contributed by atoms with Gasteiger partial charge >= 0.3 is 0 Å². The third kappa shape index (κ3) is 3.39. The average Bonchev–Trinajstić information content (AvgIpc) is 2.84. The molecule has 0 atom stereocenters. The normalized spacial score (nSPS) is 11.6. The van der Waals surface area contributed by atoms with Crippen LogP contribution in [0.3, 0.4) is 0 Å². The molecule has 3 N–H and O–H groups in total. The largest absolute Gasteiger partial charge is 0.461 e. The quantitative estimate of drug-likeness (QED) is 0.692. The Bertz CT molecular complexity index is 532. The summed E-state index contributed by atoms with van der Waals surface area (Å²) in [5.74, 6) is 1.01. The van der Waals surface area contributed by atoms with Gasteiger partial charge in [0.2, 0.25) is 0 Å². The summed E-state index contributed by atoms with van der Waals surface area (Å²) < 4.78 is 5.94. The minimum Gasteiger partial charge on any atom is -0.461 e. The Labute approximate surface area is 119 Å². The van der Waals surface area contributed by atoms with Crippen LogP contribution in [0.4, 0.5) is 0 Å². The van der Waals surface area contributed by atoms with Crippen molar-refractivity contribution in [3.8, 4) is 0 Å². The van der Waals surface area contributed by atoms with E-state index in [1.165, 1.54) is 0 Å². The predicted molar refractivity (Wildman–Crippen MR) is 79.6 cm³/mol. The molecular formula is C16H23NO3. The molecule has 4 heteroatoms. The van der Waals surface area contributed by atoms with Crippen molar-refractivity contribution in [2.75, 3.05) is 13.2 Å². The Balaban J connectivity index is 2.23. The zero-order chi connectivity index (χ0) is 14.4. The van der Waals surface area contributed by atoms with Crippen molar-refractivity contribution in [1.29, 1.82) is 0 Å². The number of fused-ring (bicyclic) bond motifs is 1. The standard InChI is InChI=1S/C16H23NO3/c1-2-3-7-16-14(9-17-12(10-18)11-19)13-6-4-5-8-15(13)20-16/h4-6,8,12,17-19H,2-3,7,9-11H2,1H3. The summed E-state index contributed by atoms with van der Waals surface area (Å²) in [7, 11) is 0. The smallest absolute Gasteiger partial charge is 0.134 e. The van der Waals surface area contributed by atoms with Crippen molar-refractivity contribution in [2.24, 2.45) is 0 Å². The van der Waals surface area contributed by atoms with Crippen LogP contribution in [0.25, 0.3) is 11.0 Å². The molecule has 4 nitrogen and oxygen atoms in total. The molecule has 0 unspecified atom stereocenters. The summed E-state index contributed by atoms with van der Waals surface area (Å²) in [5.41, 5.74) is 2.04. The first kappa shape index (κ1) is 15.0. The molecule has 0 aliphatic heterocycles. The first-order chi connectivity index (χ1) is 9.80. The highest BCUT2D eigenvalue weighted by molar-refractivity contribution is 5.82. The van der Waals surface area contributed by atoms with E-state index in [2.05, 4.69) is 18.3 Å². The number of aliphatic hydroxyl groups is 2. The molecule has 0 bridgehead atoms. The van der Waals surface area contributed by atoms with Gasteiger partial charge < -0.3 is 19.9 Å². The van der Waals surface area contributed by atoms with E-state index in [9.17, 15) is 0 Å². The minimum atomic E-state index is -0.289. The van der Waals surface area contributed by atoms with Gasteiger partial charge in [0.15, 0.2) is 0 Å². The van der Waals surface area contributed by atoms with Crippen molar-refractivity contribution in [1.82, 2.24) is 5.32 Å². The molecule has 1 aromatic carbocycles. The molecule has 1 heterocycles. The molecule has 2 aromatic rings. The van der Waals surface area contributed by atoms with Gasteiger partial charge in [0.1, 0.15) is 11.3 Å². The molecule has 20 heavy (non-hydrogen) atoms. The first-order valence-electron chi connectivity index (χ1n) is 7.24. The summed E-state index contributed by atoms with van der Waals surface area (Å²) in [6, 6.07) is 7.71. The molecular weight excluding hydrogens is 254 g/mol. The van der Waals surface area contributed by atoms with Gasteiger partial charge in [-0.25, -0.2) is 0 Å². The highest BCUT2D eigenvalue weighted by Crippen LogP contribution is 2.27. The van der Waals surface area contributed by atoms with E-state index in [1.807, 2.05) is 18.2 Å². The van der Waals surface area contributed by atoms with Crippen molar-refractivity contribution in [2.45, 2.75) is 38.8 Å². The second-order valence-electron chi connectivity index (χ2n) is 5.05. The fraction of sp³-hybridized carbons (Fsp3) is 0.500. The van der Waals surface area contributed by atoms with Gasteiger partial charge in [0.05, 0.1) is 19.3 Å². The lowest BCUT2D eigenvalue weighted by molar-refractivity contribution is 0.170. The molecule has 1 aromatic heterocycles. The Morgan fingerprint density at radius 2 is 1.95 bits per heavy atom. The van der Waals surface area contributed by atoms with E-state index in [-0.39, 0.29) is 19.3 Å². The van der Waals surface area contributed by atoms with Gasteiger partial charge in [-0.1, -0.05) is 31.5 Å². The number of nitrogens with one attached hydrogen (secondary N) is 1. The number of aliphatic hydroxyl groups excluding tert-OH is 2. The van der Waals surface area contributed by atoms with Crippen LogP contribution in [-0.2, 0) is 13.0 Å². The van der Waals surface area contributed by atoms with E-state index in [4.69, 9.17) is 14.6 Å². The summed E-state index contributed by atoms with van der Waals surface area (Å²) in [5, 5.41) is 22.5. The second-order valence-corrected chi connectivity index (χ2v) is 5.05. The van der Waals surface area contributed by atoms with E-state index >= 15 is 0 Å². The topological polar surface area (TPSA) is 65.6 Å². The SMILES string of the molecule is CCCCc1oc2ccccc2c1CNC(CO)CO. The van der Waals surface area contributed by atoms with Crippen molar-refractivity contribution in [3.63, 3.8) is 0 Å². The number of hydrogen-bond donors (Lipinski definition) is 3. The summed E-state index contributed by atoms with van der Waals surface area (Å²) >= 11 is 0. The van der Waals surface area contributed by atoms with Gasteiger partial charge in [0.25, 0.3) is 0 Å². The van der Waals surface area contributed by atoms with Crippen LogP contribution in [0.5, 0.6) is 0 Å². The summed E-state index contributed by atoms with van der Waals surface area (Å²) in [6.07, 6.45) is 3.14.